The first-order valence-corrected chi connectivity index (χ1v) is 9.34. The van der Waals surface area contributed by atoms with Crippen LogP contribution in [-0.4, -0.2) is 36.8 Å². The second kappa shape index (κ2) is 7.56. The molecule has 1 aromatic heterocycles. The molecule has 21 heavy (non-hydrogen) atoms. The maximum atomic E-state index is 13.0. The Balaban J connectivity index is 3.36. The summed E-state index contributed by atoms with van der Waals surface area (Å²) in [5, 5.41) is 3.02. The van der Waals surface area contributed by atoms with Crippen molar-refractivity contribution in [2.24, 2.45) is 5.92 Å². The van der Waals surface area contributed by atoms with Crippen molar-refractivity contribution in [3.05, 3.63) is 16.7 Å². The van der Waals surface area contributed by atoms with Gasteiger partial charge in [0.1, 0.15) is 10.7 Å². The summed E-state index contributed by atoms with van der Waals surface area (Å²) in [6.07, 6.45) is 1.60. The number of pyridine rings is 1. The van der Waals surface area contributed by atoms with E-state index in [1.807, 2.05) is 34.6 Å². The highest BCUT2D eigenvalue weighted by atomic mass is 79.9. The average Bonchev–Trinajstić information content (AvgIpc) is 2.37. The van der Waals surface area contributed by atoms with E-state index in [1.165, 1.54) is 4.31 Å². The number of halogens is 1. The van der Waals surface area contributed by atoms with E-state index in [0.29, 0.717) is 23.4 Å². The predicted molar refractivity (Wildman–Crippen MR) is 90.0 cm³/mol. The molecule has 0 aromatic carbocycles. The van der Waals surface area contributed by atoms with Crippen LogP contribution in [0.2, 0.25) is 0 Å². The smallest absolute Gasteiger partial charge is 0.247 e. The SMILES string of the molecule is CCNc1ncc(Br)cc1S(=O)(=O)N(CC(C)C)C(C)C. The third kappa shape index (κ3) is 4.66. The van der Waals surface area contributed by atoms with Gasteiger partial charge in [0, 0.05) is 29.8 Å². The quantitative estimate of drug-likeness (QED) is 0.791. The topological polar surface area (TPSA) is 62.3 Å². The minimum Gasteiger partial charge on any atom is -0.369 e. The van der Waals surface area contributed by atoms with Gasteiger partial charge in [-0.05, 0) is 48.7 Å². The van der Waals surface area contributed by atoms with E-state index in [1.54, 1.807) is 12.3 Å². The fourth-order valence-corrected chi connectivity index (χ4v) is 4.42. The van der Waals surface area contributed by atoms with Gasteiger partial charge in [-0.2, -0.15) is 4.31 Å². The van der Waals surface area contributed by atoms with Crippen LogP contribution in [0.15, 0.2) is 21.6 Å². The van der Waals surface area contributed by atoms with E-state index in [-0.39, 0.29) is 16.9 Å². The normalized spacial score (nSPS) is 12.4. The maximum absolute atomic E-state index is 13.0. The van der Waals surface area contributed by atoms with Gasteiger partial charge >= 0.3 is 0 Å². The van der Waals surface area contributed by atoms with E-state index < -0.39 is 10.0 Å². The third-order valence-electron chi connectivity index (χ3n) is 2.87. The highest BCUT2D eigenvalue weighted by Crippen LogP contribution is 2.27. The molecule has 0 atom stereocenters. The molecule has 120 valence electrons. The Kier molecular flexibility index (Phi) is 6.62. The van der Waals surface area contributed by atoms with Gasteiger partial charge in [-0.25, -0.2) is 13.4 Å². The Labute approximate surface area is 136 Å². The van der Waals surface area contributed by atoms with Crippen LogP contribution >= 0.6 is 15.9 Å². The molecule has 7 heteroatoms. The summed E-state index contributed by atoms with van der Waals surface area (Å²) in [6, 6.07) is 1.50. The third-order valence-corrected chi connectivity index (χ3v) is 5.36. The molecule has 1 aromatic rings. The lowest BCUT2D eigenvalue weighted by Gasteiger charge is -2.28. The summed E-state index contributed by atoms with van der Waals surface area (Å²) in [4.78, 5) is 4.41. The molecule has 0 aliphatic carbocycles. The molecule has 0 saturated carbocycles. The fraction of sp³-hybridized carbons (Fsp3) is 0.643. The van der Waals surface area contributed by atoms with Crippen LogP contribution in [0.4, 0.5) is 5.82 Å². The molecule has 0 amide bonds. The van der Waals surface area contributed by atoms with E-state index in [9.17, 15) is 8.42 Å². The van der Waals surface area contributed by atoms with Crippen molar-refractivity contribution < 1.29 is 8.42 Å². The summed E-state index contributed by atoms with van der Waals surface area (Å²) < 4.78 is 28.1. The van der Waals surface area contributed by atoms with Crippen molar-refractivity contribution >= 4 is 31.8 Å². The Bertz CT molecular complexity index is 574. The number of nitrogens with one attached hydrogen (secondary N) is 1. The number of nitrogens with zero attached hydrogens (tertiary/aromatic N) is 2. The number of anilines is 1. The second-order valence-corrected chi connectivity index (χ2v) is 8.37. The lowest BCUT2D eigenvalue weighted by Crippen LogP contribution is -2.39. The van der Waals surface area contributed by atoms with Crippen LogP contribution in [0.3, 0.4) is 0 Å². The Morgan fingerprint density at radius 2 is 1.95 bits per heavy atom. The van der Waals surface area contributed by atoms with Crippen LogP contribution in [0.5, 0.6) is 0 Å². The summed E-state index contributed by atoms with van der Waals surface area (Å²) in [7, 11) is -3.59. The summed E-state index contributed by atoms with van der Waals surface area (Å²) in [5.41, 5.74) is 0. The van der Waals surface area contributed by atoms with Gasteiger partial charge in [-0.1, -0.05) is 13.8 Å². The zero-order chi connectivity index (χ0) is 16.2. The number of hydrogen-bond acceptors (Lipinski definition) is 4. The number of aromatic nitrogens is 1. The van der Waals surface area contributed by atoms with Gasteiger partial charge in [0.2, 0.25) is 10.0 Å². The first-order chi connectivity index (χ1) is 9.70. The van der Waals surface area contributed by atoms with E-state index >= 15 is 0 Å². The standard InChI is InChI=1S/C14H24BrN3O2S/c1-6-16-14-13(7-12(15)8-17-14)21(19,20)18(11(4)5)9-10(2)3/h7-8,10-11H,6,9H2,1-5H3,(H,16,17). The highest BCUT2D eigenvalue weighted by molar-refractivity contribution is 9.10. The van der Waals surface area contributed by atoms with Gasteiger partial charge in [0.15, 0.2) is 0 Å². The molecule has 5 nitrogen and oxygen atoms in total. The summed E-state index contributed by atoms with van der Waals surface area (Å²) in [6.45, 7) is 10.8. The van der Waals surface area contributed by atoms with Crippen molar-refractivity contribution in [3.63, 3.8) is 0 Å². The van der Waals surface area contributed by atoms with Crippen molar-refractivity contribution in [2.45, 2.75) is 45.6 Å². The molecule has 1 heterocycles. The molecular formula is C14H24BrN3O2S. The molecular weight excluding hydrogens is 354 g/mol. The molecule has 0 spiro atoms. The Hall–Kier alpha value is -0.660. The van der Waals surface area contributed by atoms with Crippen LogP contribution < -0.4 is 5.32 Å². The van der Waals surface area contributed by atoms with E-state index in [4.69, 9.17) is 0 Å². The second-order valence-electron chi connectivity index (χ2n) is 5.59. The molecule has 1 rings (SSSR count). The summed E-state index contributed by atoms with van der Waals surface area (Å²) >= 11 is 3.30. The van der Waals surface area contributed by atoms with Gasteiger partial charge in [-0.15, -0.1) is 0 Å². The first-order valence-electron chi connectivity index (χ1n) is 7.11. The van der Waals surface area contributed by atoms with Crippen LogP contribution in [0.25, 0.3) is 0 Å². The Morgan fingerprint density at radius 3 is 2.43 bits per heavy atom. The van der Waals surface area contributed by atoms with E-state index in [0.717, 1.165) is 0 Å². The average molecular weight is 378 g/mol. The van der Waals surface area contributed by atoms with Crippen molar-refractivity contribution in [2.75, 3.05) is 18.4 Å². The van der Waals surface area contributed by atoms with E-state index in [2.05, 4.69) is 26.2 Å². The molecule has 0 radical (unpaired) electrons. The molecule has 0 bridgehead atoms. The minimum atomic E-state index is -3.59. The molecule has 0 unspecified atom stereocenters. The molecule has 0 fully saturated rings. The fourth-order valence-electron chi connectivity index (χ4n) is 1.99. The number of rotatable bonds is 7. The van der Waals surface area contributed by atoms with Crippen LogP contribution in [0, 0.1) is 5.92 Å². The predicted octanol–water partition coefficient (Wildman–Crippen LogP) is 3.33. The van der Waals surface area contributed by atoms with Gasteiger partial charge in [0.05, 0.1) is 0 Å². The molecule has 1 N–H and O–H groups in total. The van der Waals surface area contributed by atoms with Gasteiger partial charge in [0.25, 0.3) is 0 Å². The highest BCUT2D eigenvalue weighted by Gasteiger charge is 2.30. The minimum absolute atomic E-state index is 0.106. The van der Waals surface area contributed by atoms with Gasteiger partial charge < -0.3 is 5.32 Å². The number of hydrogen-bond donors (Lipinski definition) is 1. The molecule has 0 aliphatic heterocycles. The van der Waals surface area contributed by atoms with Crippen LogP contribution in [-0.2, 0) is 10.0 Å². The van der Waals surface area contributed by atoms with Crippen molar-refractivity contribution in [1.82, 2.24) is 9.29 Å². The Morgan fingerprint density at radius 1 is 1.33 bits per heavy atom. The van der Waals surface area contributed by atoms with Crippen LogP contribution in [0.1, 0.15) is 34.6 Å². The van der Waals surface area contributed by atoms with Crippen molar-refractivity contribution in [3.8, 4) is 0 Å². The monoisotopic (exact) mass is 377 g/mol. The lowest BCUT2D eigenvalue weighted by molar-refractivity contribution is 0.319. The zero-order valence-corrected chi connectivity index (χ0v) is 15.6. The lowest BCUT2D eigenvalue weighted by atomic mass is 10.2. The maximum Gasteiger partial charge on any atom is 0.247 e. The largest absolute Gasteiger partial charge is 0.369 e. The zero-order valence-electron chi connectivity index (χ0n) is 13.2. The molecule has 0 saturated heterocycles. The van der Waals surface area contributed by atoms with Crippen molar-refractivity contribution in [1.29, 1.82) is 0 Å². The van der Waals surface area contributed by atoms with Gasteiger partial charge in [-0.3, -0.25) is 0 Å². The summed E-state index contributed by atoms with van der Waals surface area (Å²) in [5.74, 6) is 0.653. The first kappa shape index (κ1) is 18.4. The molecule has 0 aliphatic rings. The number of sulfonamides is 1.